The Morgan fingerprint density at radius 3 is 2.70 bits per heavy atom. The molecule has 2 aromatic carbocycles. The maximum Gasteiger partial charge on any atom is 0.230 e. The molecule has 0 atom stereocenters. The van der Waals surface area contributed by atoms with E-state index in [1.54, 1.807) is 11.3 Å². The van der Waals surface area contributed by atoms with Crippen LogP contribution in [-0.4, -0.2) is 26.4 Å². The summed E-state index contributed by atoms with van der Waals surface area (Å²) in [6, 6.07) is 21.6. The normalized spacial score (nSPS) is 10.8. The predicted molar refractivity (Wildman–Crippen MR) is 123 cm³/mol. The first-order valence-electron chi connectivity index (χ1n) is 9.35. The van der Waals surface area contributed by atoms with E-state index in [1.165, 1.54) is 16.6 Å². The second-order valence-electron chi connectivity index (χ2n) is 6.52. The molecule has 1 N–H and O–H groups in total. The lowest BCUT2D eigenvalue weighted by atomic mass is 10.2. The molecule has 0 aliphatic heterocycles. The third-order valence-electron chi connectivity index (χ3n) is 4.34. The number of carbonyl (C=O) groups excluding carboxylic acids is 1. The highest BCUT2D eigenvalue weighted by Gasteiger charge is 2.16. The van der Waals surface area contributed by atoms with Crippen LogP contribution in [0.25, 0.3) is 5.69 Å². The van der Waals surface area contributed by atoms with Crippen LogP contribution in [0.1, 0.15) is 16.3 Å². The maximum absolute atomic E-state index is 12.4. The summed E-state index contributed by atoms with van der Waals surface area (Å²) >= 11 is 9.07. The van der Waals surface area contributed by atoms with E-state index in [9.17, 15) is 4.79 Å². The number of rotatable bonds is 8. The highest BCUT2D eigenvalue weighted by Crippen LogP contribution is 2.24. The zero-order valence-electron chi connectivity index (χ0n) is 16.0. The van der Waals surface area contributed by atoms with Crippen molar-refractivity contribution in [2.45, 2.75) is 18.1 Å². The van der Waals surface area contributed by atoms with Gasteiger partial charge in [0.25, 0.3) is 0 Å². The minimum absolute atomic E-state index is 0.0672. The second kappa shape index (κ2) is 9.93. The van der Waals surface area contributed by atoms with Gasteiger partial charge in [0.1, 0.15) is 5.82 Å². The van der Waals surface area contributed by atoms with E-state index in [0.717, 1.165) is 17.1 Å². The van der Waals surface area contributed by atoms with Crippen LogP contribution in [0.3, 0.4) is 0 Å². The number of benzene rings is 2. The molecule has 0 saturated heterocycles. The van der Waals surface area contributed by atoms with Gasteiger partial charge in [-0.05, 0) is 41.3 Å². The van der Waals surface area contributed by atoms with Crippen molar-refractivity contribution >= 4 is 40.6 Å². The third kappa shape index (κ3) is 5.30. The van der Waals surface area contributed by atoms with E-state index in [0.29, 0.717) is 23.1 Å². The summed E-state index contributed by atoms with van der Waals surface area (Å²) in [5.41, 5.74) is 1.95. The standard InChI is InChI=1S/C22H19ClN4OS2/c23-17-7-4-6-16(12-17)14-24-21(28)15-30-22-26-25-20(13-19-10-5-11-29-19)27(22)18-8-2-1-3-9-18/h1-12H,13-15H2,(H,24,28). The van der Waals surface area contributed by atoms with Gasteiger partial charge in [-0.25, -0.2) is 0 Å². The van der Waals surface area contributed by atoms with Gasteiger partial charge < -0.3 is 5.32 Å². The van der Waals surface area contributed by atoms with E-state index >= 15 is 0 Å². The zero-order valence-corrected chi connectivity index (χ0v) is 18.4. The molecular formula is C22H19ClN4OS2. The summed E-state index contributed by atoms with van der Waals surface area (Å²) in [5.74, 6) is 1.04. The van der Waals surface area contributed by atoms with Gasteiger partial charge in [-0.15, -0.1) is 21.5 Å². The van der Waals surface area contributed by atoms with Gasteiger partial charge in [-0.2, -0.15) is 0 Å². The number of thioether (sulfide) groups is 1. The van der Waals surface area contributed by atoms with Gasteiger partial charge in [0.05, 0.1) is 5.75 Å². The van der Waals surface area contributed by atoms with E-state index < -0.39 is 0 Å². The quantitative estimate of drug-likeness (QED) is 0.381. The lowest BCUT2D eigenvalue weighted by Gasteiger charge is -2.10. The van der Waals surface area contributed by atoms with Crippen molar-refractivity contribution in [3.63, 3.8) is 0 Å². The molecule has 152 valence electrons. The summed E-state index contributed by atoms with van der Waals surface area (Å²) in [6.45, 7) is 0.439. The number of amides is 1. The van der Waals surface area contributed by atoms with Crippen LogP contribution in [-0.2, 0) is 17.8 Å². The molecule has 2 aromatic heterocycles. The van der Waals surface area contributed by atoms with Gasteiger partial charge >= 0.3 is 0 Å². The molecule has 1 amide bonds. The summed E-state index contributed by atoms with van der Waals surface area (Å²) in [6.07, 6.45) is 0.696. The van der Waals surface area contributed by atoms with Crippen LogP contribution in [0.5, 0.6) is 0 Å². The molecule has 8 heteroatoms. The smallest absolute Gasteiger partial charge is 0.230 e. The molecule has 0 bridgehead atoms. The van der Waals surface area contributed by atoms with Crippen molar-refractivity contribution in [1.82, 2.24) is 20.1 Å². The van der Waals surface area contributed by atoms with E-state index in [1.807, 2.05) is 65.2 Å². The minimum Gasteiger partial charge on any atom is -0.351 e. The molecule has 2 heterocycles. The van der Waals surface area contributed by atoms with Crippen molar-refractivity contribution in [2.24, 2.45) is 0 Å². The Kier molecular flexibility index (Phi) is 6.84. The molecule has 0 fully saturated rings. The number of aromatic nitrogens is 3. The Hall–Kier alpha value is -2.61. The third-order valence-corrected chi connectivity index (χ3v) is 6.38. The summed E-state index contributed by atoms with van der Waals surface area (Å²) in [5, 5.41) is 15.1. The molecule has 0 saturated carbocycles. The molecule has 5 nitrogen and oxygen atoms in total. The highest BCUT2D eigenvalue weighted by molar-refractivity contribution is 7.99. The molecule has 4 aromatic rings. The zero-order chi connectivity index (χ0) is 20.8. The van der Waals surface area contributed by atoms with Crippen molar-refractivity contribution in [2.75, 3.05) is 5.75 Å². The first-order valence-corrected chi connectivity index (χ1v) is 11.6. The lowest BCUT2D eigenvalue weighted by Crippen LogP contribution is -2.24. The number of thiophene rings is 1. The van der Waals surface area contributed by atoms with Crippen molar-refractivity contribution in [3.05, 3.63) is 93.4 Å². The number of hydrogen-bond acceptors (Lipinski definition) is 5. The first-order chi connectivity index (χ1) is 14.7. The fourth-order valence-electron chi connectivity index (χ4n) is 2.94. The number of hydrogen-bond donors (Lipinski definition) is 1. The Labute approximate surface area is 188 Å². The van der Waals surface area contributed by atoms with Gasteiger partial charge in [-0.3, -0.25) is 9.36 Å². The molecule has 4 rings (SSSR count). The van der Waals surface area contributed by atoms with Crippen molar-refractivity contribution in [1.29, 1.82) is 0 Å². The molecule has 0 aliphatic rings. The largest absolute Gasteiger partial charge is 0.351 e. The van der Waals surface area contributed by atoms with Crippen molar-refractivity contribution < 1.29 is 4.79 Å². The van der Waals surface area contributed by atoms with Crippen LogP contribution in [0, 0.1) is 0 Å². The number of nitrogens with zero attached hydrogens (tertiary/aromatic N) is 3. The molecule has 0 radical (unpaired) electrons. The molecule has 0 aliphatic carbocycles. The molecule has 0 unspecified atom stereocenters. The van der Waals surface area contributed by atoms with Gasteiger partial charge in [0.15, 0.2) is 5.16 Å². The van der Waals surface area contributed by atoms with Crippen LogP contribution in [0.4, 0.5) is 0 Å². The van der Waals surface area contributed by atoms with Crippen LogP contribution in [0.15, 0.2) is 77.3 Å². The monoisotopic (exact) mass is 454 g/mol. The SMILES string of the molecule is O=C(CSc1nnc(Cc2cccs2)n1-c1ccccc1)NCc1cccc(Cl)c1. The summed E-state index contributed by atoms with van der Waals surface area (Å²) < 4.78 is 2.02. The molecule has 30 heavy (non-hydrogen) atoms. The van der Waals surface area contributed by atoms with E-state index in [2.05, 4.69) is 27.0 Å². The Bertz CT molecular complexity index is 1110. The highest BCUT2D eigenvalue weighted by atomic mass is 35.5. The number of carbonyl (C=O) groups is 1. The van der Waals surface area contributed by atoms with Gasteiger partial charge in [0.2, 0.25) is 5.91 Å². The average Bonchev–Trinajstić information content (AvgIpc) is 3.42. The number of halogens is 1. The Morgan fingerprint density at radius 2 is 1.93 bits per heavy atom. The Morgan fingerprint density at radius 1 is 1.07 bits per heavy atom. The van der Waals surface area contributed by atoms with Crippen LogP contribution < -0.4 is 5.32 Å². The lowest BCUT2D eigenvalue weighted by molar-refractivity contribution is -0.118. The average molecular weight is 455 g/mol. The minimum atomic E-state index is -0.0672. The van der Waals surface area contributed by atoms with Gasteiger partial charge in [0, 0.05) is 28.6 Å². The fraction of sp³-hybridized carbons (Fsp3) is 0.136. The Balaban J connectivity index is 1.45. The summed E-state index contributed by atoms with van der Waals surface area (Å²) in [4.78, 5) is 13.6. The molecule has 0 spiro atoms. The molecular weight excluding hydrogens is 436 g/mol. The topological polar surface area (TPSA) is 59.8 Å². The fourth-order valence-corrected chi connectivity index (χ4v) is 4.66. The number of para-hydroxylation sites is 1. The van der Waals surface area contributed by atoms with E-state index in [4.69, 9.17) is 11.6 Å². The van der Waals surface area contributed by atoms with Crippen LogP contribution in [0.2, 0.25) is 5.02 Å². The maximum atomic E-state index is 12.4. The van der Waals surface area contributed by atoms with Gasteiger partial charge in [-0.1, -0.05) is 59.8 Å². The number of nitrogens with one attached hydrogen (secondary N) is 1. The van der Waals surface area contributed by atoms with Crippen LogP contribution >= 0.6 is 34.7 Å². The van der Waals surface area contributed by atoms with Crippen molar-refractivity contribution in [3.8, 4) is 5.69 Å². The first kappa shape index (κ1) is 20.7. The summed E-state index contributed by atoms with van der Waals surface area (Å²) in [7, 11) is 0. The predicted octanol–water partition coefficient (Wildman–Crippen LogP) is 4.98. The van der Waals surface area contributed by atoms with E-state index in [-0.39, 0.29) is 11.7 Å². The second-order valence-corrected chi connectivity index (χ2v) is 8.93.